The van der Waals surface area contributed by atoms with E-state index in [1.807, 2.05) is 12.1 Å². The van der Waals surface area contributed by atoms with Crippen molar-refractivity contribution in [2.45, 2.75) is 51.3 Å². The summed E-state index contributed by atoms with van der Waals surface area (Å²) in [6.45, 7) is 4.82. The fraction of sp³-hybridized carbons (Fsp3) is 0.611. The minimum atomic E-state index is 0.120. The second kappa shape index (κ2) is 7.25. The third kappa shape index (κ3) is 3.68. The summed E-state index contributed by atoms with van der Waals surface area (Å²) in [4.78, 5) is 14.6. The van der Waals surface area contributed by atoms with E-state index in [2.05, 4.69) is 29.3 Å². The summed E-state index contributed by atoms with van der Waals surface area (Å²) in [6, 6.07) is 8.63. The van der Waals surface area contributed by atoms with Gasteiger partial charge in [0.15, 0.2) is 0 Å². The Kier molecular flexibility index (Phi) is 5.11. The van der Waals surface area contributed by atoms with Gasteiger partial charge in [0, 0.05) is 19.1 Å². The highest BCUT2D eigenvalue weighted by Crippen LogP contribution is 2.28. The standard InChI is InChI=1S/C18H26N2O2/c1-14-6-2-3-7-15(14)12-19-18(21)13-20-10-11-22-17-9-5-4-8-16(17)20/h2-3,6-7,16-17H,4-5,8-13H2,1H3,(H,19,21). The molecule has 0 aromatic heterocycles. The van der Waals surface area contributed by atoms with E-state index in [0.717, 1.165) is 26.0 Å². The van der Waals surface area contributed by atoms with Crippen LogP contribution in [0.5, 0.6) is 0 Å². The fourth-order valence-corrected chi connectivity index (χ4v) is 3.62. The highest BCUT2D eigenvalue weighted by molar-refractivity contribution is 5.78. The van der Waals surface area contributed by atoms with E-state index in [4.69, 9.17) is 4.74 Å². The van der Waals surface area contributed by atoms with Gasteiger partial charge in [-0.05, 0) is 30.9 Å². The SMILES string of the molecule is Cc1ccccc1CNC(=O)CN1CCOC2CCCCC21. The Hall–Kier alpha value is -1.39. The van der Waals surface area contributed by atoms with Gasteiger partial charge in [-0.15, -0.1) is 0 Å². The third-order valence-corrected chi connectivity index (χ3v) is 4.93. The molecule has 2 atom stereocenters. The van der Waals surface area contributed by atoms with Gasteiger partial charge in [0.2, 0.25) is 5.91 Å². The van der Waals surface area contributed by atoms with E-state index in [1.165, 1.54) is 24.0 Å². The van der Waals surface area contributed by atoms with Crippen LogP contribution in [0.15, 0.2) is 24.3 Å². The van der Waals surface area contributed by atoms with Crippen molar-refractivity contribution in [2.24, 2.45) is 0 Å². The summed E-state index contributed by atoms with van der Waals surface area (Å²) in [5.41, 5.74) is 2.41. The van der Waals surface area contributed by atoms with Crippen LogP contribution < -0.4 is 5.32 Å². The van der Waals surface area contributed by atoms with Crippen molar-refractivity contribution >= 4 is 5.91 Å². The van der Waals surface area contributed by atoms with Crippen molar-refractivity contribution < 1.29 is 9.53 Å². The molecule has 1 N–H and O–H groups in total. The summed E-state index contributed by atoms with van der Waals surface area (Å²) in [6.07, 6.45) is 5.16. The summed E-state index contributed by atoms with van der Waals surface area (Å²) in [5.74, 6) is 0.120. The number of carbonyl (C=O) groups excluding carboxylic acids is 1. The largest absolute Gasteiger partial charge is 0.375 e. The van der Waals surface area contributed by atoms with Crippen molar-refractivity contribution in [2.75, 3.05) is 19.7 Å². The minimum absolute atomic E-state index is 0.120. The fourth-order valence-electron chi connectivity index (χ4n) is 3.62. The number of morpholine rings is 1. The van der Waals surface area contributed by atoms with E-state index in [0.29, 0.717) is 25.2 Å². The molecule has 4 nitrogen and oxygen atoms in total. The lowest BCUT2D eigenvalue weighted by molar-refractivity contribution is -0.129. The van der Waals surface area contributed by atoms with Gasteiger partial charge in [0.1, 0.15) is 0 Å². The van der Waals surface area contributed by atoms with Gasteiger partial charge < -0.3 is 10.1 Å². The molecule has 0 radical (unpaired) electrons. The molecule has 2 aliphatic rings. The Labute approximate surface area is 132 Å². The zero-order valence-electron chi connectivity index (χ0n) is 13.4. The van der Waals surface area contributed by atoms with Crippen LogP contribution in [0.1, 0.15) is 36.8 Å². The second-order valence-corrected chi connectivity index (χ2v) is 6.43. The molecule has 1 aromatic rings. The first-order valence-electron chi connectivity index (χ1n) is 8.41. The van der Waals surface area contributed by atoms with E-state index in [9.17, 15) is 4.79 Å². The number of hydrogen-bond acceptors (Lipinski definition) is 3. The molecule has 4 heteroatoms. The second-order valence-electron chi connectivity index (χ2n) is 6.43. The summed E-state index contributed by atoms with van der Waals surface area (Å²) in [7, 11) is 0. The molecule has 1 saturated carbocycles. The van der Waals surface area contributed by atoms with Gasteiger partial charge in [0.05, 0.1) is 19.3 Å². The number of aryl methyl sites for hydroxylation is 1. The molecule has 1 heterocycles. The quantitative estimate of drug-likeness (QED) is 0.927. The summed E-state index contributed by atoms with van der Waals surface area (Å²) >= 11 is 0. The number of nitrogens with one attached hydrogen (secondary N) is 1. The highest BCUT2D eigenvalue weighted by Gasteiger charge is 2.34. The molecule has 3 rings (SSSR count). The average molecular weight is 302 g/mol. The number of benzene rings is 1. The van der Waals surface area contributed by atoms with Gasteiger partial charge in [-0.3, -0.25) is 9.69 Å². The number of hydrogen-bond donors (Lipinski definition) is 1. The summed E-state index contributed by atoms with van der Waals surface area (Å²) < 4.78 is 5.87. The lowest BCUT2D eigenvalue weighted by Gasteiger charge is -2.43. The van der Waals surface area contributed by atoms with E-state index < -0.39 is 0 Å². The third-order valence-electron chi connectivity index (χ3n) is 4.93. The van der Waals surface area contributed by atoms with Crippen LogP contribution in [-0.2, 0) is 16.1 Å². The van der Waals surface area contributed by atoms with Gasteiger partial charge >= 0.3 is 0 Å². The van der Waals surface area contributed by atoms with Crippen molar-refractivity contribution in [1.29, 1.82) is 0 Å². The predicted molar refractivity (Wildman–Crippen MR) is 86.6 cm³/mol. The van der Waals surface area contributed by atoms with Crippen molar-refractivity contribution in [3.8, 4) is 0 Å². The van der Waals surface area contributed by atoms with Crippen LogP contribution in [0.4, 0.5) is 0 Å². The zero-order valence-corrected chi connectivity index (χ0v) is 13.4. The Bertz CT molecular complexity index is 516. The minimum Gasteiger partial charge on any atom is -0.375 e. The van der Waals surface area contributed by atoms with E-state index in [1.54, 1.807) is 0 Å². The van der Waals surface area contributed by atoms with Crippen molar-refractivity contribution in [1.82, 2.24) is 10.2 Å². The number of amides is 1. The first kappa shape index (κ1) is 15.5. The number of ether oxygens (including phenoxy) is 1. The monoisotopic (exact) mass is 302 g/mol. The van der Waals surface area contributed by atoms with Gasteiger partial charge in [-0.25, -0.2) is 0 Å². The maximum absolute atomic E-state index is 12.3. The Balaban J connectivity index is 1.51. The van der Waals surface area contributed by atoms with Crippen molar-refractivity contribution in [3.05, 3.63) is 35.4 Å². The number of nitrogens with zero attached hydrogens (tertiary/aromatic N) is 1. The van der Waals surface area contributed by atoms with Crippen LogP contribution >= 0.6 is 0 Å². The molecular weight excluding hydrogens is 276 g/mol. The molecule has 1 aliphatic carbocycles. The molecular formula is C18H26N2O2. The molecule has 0 bridgehead atoms. The smallest absolute Gasteiger partial charge is 0.234 e. The number of rotatable bonds is 4. The van der Waals surface area contributed by atoms with Crippen LogP contribution in [0.3, 0.4) is 0 Å². The molecule has 1 amide bonds. The predicted octanol–water partition coefficient (Wildman–Crippen LogP) is 2.25. The first-order chi connectivity index (χ1) is 10.7. The Morgan fingerprint density at radius 1 is 1.32 bits per heavy atom. The zero-order chi connectivity index (χ0) is 15.4. The van der Waals surface area contributed by atoms with Crippen LogP contribution in [0, 0.1) is 6.92 Å². The molecule has 2 fully saturated rings. The Morgan fingerprint density at radius 2 is 2.14 bits per heavy atom. The molecule has 0 spiro atoms. The maximum Gasteiger partial charge on any atom is 0.234 e. The molecule has 120 valence electrons. The number of carbonyl (C=O) groups is 1. The Morgan fingerprint density at radius 3 is 3.00 bits per heavy atom. The number of fused-ring (bicyclic) bond motifs is 1. The lowest BCUT2D eigenvalue weighted by atomic mass is 9.90. The topological polar surface area (TPSA) is 41.6 Å². The van der Waals surface area contributed by atoms with E-state index in [-0.39, 0.29) is 5.91 Å². The molecule has 22 heavy (non-hydrogen) atoms. The molecule has 1 saturated heterocycles. The normalized spacial score (nSPS) is 25.5. The lowest BCUT2D eigenvalue weighted by Crippen LogP contribution is -2.55. The maximum atomic E-state index is 12.3. The first-order valence-corrected chi connectivity index (χ1v) is 8.41. The van der Waals surface area contributed by atoms with E-state index >= 15 is 0 Å². The van der Waals surface area contributed by atoms with Crippen LogP contribution in [0.25, 0.3) is 0 Å². The highest BCUT2D eigenvalue weighted by atomic mass is 16.5. The average Bonchev–Trinajstić information content (AvgIpc) is 2.54. The molecule has 2 unspecified atom stereocenters. The van der Waals surface area contributed by atoms with Gasteiger partial charge in [0.25, 0.3) is 0 Å². The van der Waals surface area contributed by atoms with Crippen LogP contribution in [0.2, 0.25) is 0 Å². The molecule has 1 aliphatic heterocycles. The summed E-state index contributed by atoms with van der Waals surface area (Å²) in [5, 5.41) is 3.06. The van der Waals surface area contributed by atoms with Crippen molar-refractivity contribution in [3.63, 3.8) is 0 Å². The van der Waals surface area contributed by atoms with Crippen LogP contribution in [-0.4, -0.2) is 42.6 Å². The van der Waals surface area contributed by atoms with Gasteiger partial charge in [-0.2, -0.15) is 0 Å². The molecule has 1 aromatic carbocycles. The van der Waals surface area contributed by atoms with Gasteiger partial charge in [-0.1, -0.05) is 37.1 Å².